The van der Waals surface area contributed by atoms with Gasteiger partial charge in [-0.15, -0.1) is 0 Å². The molecule has 0 aliphatic carbocycles. The second-order valence-corrected chi connectivity index (χ2v) is 6.48. The fourth-order valence-corrected chi connectivity index (χ4v) is 3.34. The fraction of sp³-hybridized carbons (Fsp3) is 0.316. The molecule has 25 heavy (non-hydrogen) atoms. The van der Waals surface area contributed by atoms with Crippen LogP contribution < -0.4 is 4.90 Å². The van der Waals surface area contributed by atoms with E-state index in [0.29, 0.717) is 23.4 Å². The number of rotatable bonds is 4. The maximum Gasteiger partial charge on any atom is 0.411 e. The zero-order valence-electron chi connectivity index (χ0n) is 14.0. The van der Waals surface area contributed by atoms with Crippen LogP contribution in [0, 0.1) is 17.6 Å². The van der Waals surface area contributed by atoms with Crippen LogP contribution in [0.4, 0.5) is 19.3 Å². The van der Waals surface area contributed by atoms with E-state index in [0.717, 1.165) is 19.5 Å². The van der Waals surface area contributed by atoms with Gasteiger partial charge in [0.25, 0.3) is 0 Å². The number of carbonyl (C=O) groups is 1. The molecular formula is C19H20F2N2O2. The second kappa shape index (κ2) is 7.19. The highest BCUT2D eigenvalue weighted by Gasteiger charge is 2.27. The van der Waals surface area contributed by atoms with Crippen LogP contribution in [0.2, 0.25) is 0 Å². The number of benzene rings is 2. The molecule has 0 bridgehead atoms. The summed E-state index contributed by atoms with van der Waals surface area (Å²) in [4.78, 5) is 15.2. The van der Waals surface area contributed by atoms with Crippen LogP contribution in [-0.4, -0.2) is 42.8 Å². The van der Waals surface area contributed by atoms with Crippen molar-refractivity contribution in [1.29, 1.82) is 0 Å². The Bertz CT molecular complexity index is 782. The summed E-state index contributed by atoms with van der Waals surface area (Å²) in [6, 6.07) is 9.67. The Labute approximate surface area is 145 Å². The molecule has 1 atom stereocenters. The summed E-state index contributed by atoms with van der Waals surface area (Å²) in [6.45, 7) is 2.08. The van der Waals surface area contributed by atoms with Gasteiger partial charge < -0.3 is 10.0 Å². The van der Waals surface area contributed by atoms with Crippen molar-refractivity contribution < 1.29 is 18.7 Å². The molecule has 0 spiro atoms. The Morgan fingerprint density at radius 1 is 1.24 bits per heavy atom. The summed E-state index contributed by atoms with van der Waals surface area (Å²) < 4.78 is 27.4. The number of carboxylic acid groups (broad SMARTS) is 1. The third-order valence-electron chi connectivity index (χ3n) is 4.55. The molecule has 6 heteroatoms. The maximum atomic E-state index is 13.8. The molecule has 0 aromatic heterocycles. The lowest BCUT2D eigenvalue weighted by Gasteiger charge is -2.25. The predicted octanol–water partition coefficient (Wildman–Crippen LogP) is 4.07. The lowest BCUT2D eigenvalue weighted by Crippen LogP contribution is -2.35. The van der Waals surface area contributed by atoms with Crippen molar-refractivity contribution >= 4 is 11.8 Å². The molecular weight excluding hydrogens is 326 g/mol. The number of anilines is 1. The molecule has 0 radical (unpaired) electrons. The van der Waals surface area contributed by atoms with E-state index in [1.54, 1.807) is 6.07 Å². The highest BCUT2D eigenvalue weighted by Crippen LogP contribution is 2.33. The predicted molar refractivity (Wildman–Crippen MR) is 92.8 cm³/mol. The first-order chi connectivity index (χ1) is 11.9. The molecule has 1 aliphatic heterocycles. The van der Waals surface area contributed by atoms with Crippen molar-refractivity contribution in [3.05, 3.63) is 54.1 Å². The minimum atomic E-state index is -1.10. The molecule has 0 saturated carbocycles. The van der Waals surface area contributed by atoms with Crippen molar-refractivity contribution in [2.75, 3.05) is 31.6 Å². The molecule has 0 unspecified atom stereocenters. The van der Waals surface area contributed by atoms with Gasteiger partial charge >= 0.3 is 6.09 Å². The van der Waals surface area contributed by atoms with Crippen molar-refractivity contribution in [1.82, 2.24) is 4.90 Å². The molecule has 1 heterocycles. The lowest BCUT2D eigenvalue weighted by atomic mass is 10.0. The zero-order valence-corrected chi connectivity index (χ0v) is 14.0. The molecule has 1 fully saturated rings. The molecule has 1 N–H and O–H groups in total. The molecule has 1 amide bonds. The highest BCUT2D eigenvalue weighted by molar-refractivity contribution is 5.92. The van der Waals surface area contributed by atoms with Crippen LogP contribution in [0.15, 0.2) is 42.5 Å². The van der Waals surface area contributed by atoms with E-state index in [1.807, 2.05) is 7.05 Å². The van der Waals surface area contributed by atoms with Gasteiger partial charge in [-0.2, -0.15) is 0 Å². The Morgan fingerprint density at radius 3 is 2.64 bits per heavy atom. The van der Waals surface area contributed by atoms with Gasteiger partial charge in [0.2, 0.25) is 0 Å². The van der Waals surface area contributed by atoms with Gasteiger partial charge in [-0.05, 0) is 61.8 Å². The molecule has 3 rings (SSSR count). The normalized spacial score (nSPS) is 17.6. The van der Waals surface area contributed by atoms with Crippen LogP contribution in [-0.2, 0) is 0 Å². The minimum Gasteiger partial charge on any atom is -0.465 e. The number of nitrogens with zero attached hydrogens (tertiary/aromatic N) is 2. The summed E-state index contributed by atoms with van der Waals surface area (Å²) >= 11 is 0. The Morgan fingerprint density at radius 2 is 2.00 bits per heavy atom. The third-order valence-corrected chi connectivity index (χ3v) is 4.55. The van der Waals surface area contributed by atoms with Crippen LogP contribution in [0.1, 0.15) is 6.42 Å². The van der Waals surface area contributed by atoms with Gasteiger partial charge in [0.1, 0.15) is 11.6 Å². The number of halogens is 2. The minimum absolute atomic E-state index is 0.214. The van der Waals surface area contributed by atoms with Crippen LogP contribution in [0.5, 0.6) is 0 Å². The van der Waals surface area contributed by atoms with E-state index in [9.17, 15) is 18.7 Å². The first-order valence-electron chi connectivity index (χ1n) is 8.18. The molecule has 1 saturated heterocycles. The molecule has 1 aliphatic rings. The van der Waals surface area contributed by atoms with Gasteiger partial charge in [0, 0.05) is 18.7 Å². The summed E-state index contributed by atoms with van der Waals surface area (Å²) in [5, 5.41) is 9.69. The molecule has 2 aromatic rings. The van der Waals surface area contributed by atoms with E-state index in [-0.39, 0.29) is 5.92 Å². The molecule has 4 nitrogen and oxygen atoms in total. The number of likely N-dealkylation sites (tertiary alicyclic amines) is 1. The Kier molecular flexibility index (Phi) is 4.99. The zero-order chi connectivity index (χ0) is 18.0. The van der Waals surface area contributed by atoms with Gasteiger partial charge in [-0.3, -0.25) is 4.90 Å². The summed E-state index contributed by atoms with van der Waals surface area (Å²) in [5.74, 6) is -0.729. The smallest absolute Gasteiger partial charge is 0.411 e. The van der Waals surface area contributed by atoms with E-state index >= 15 is 0 Å². The average molecular weight is 346 g/mol. The third kappa shape index (κ3) is 3.96. The fourth-order valence-electron chi connectivity index (χ4n) is 3.34. The van der Waals surface area contributed by atoms with Gasteiger partial charge in [0.05, 0.1) is 5.69 Å². The summed E-state index contributed by atoms with van der Waals surface area (Å²) in [5.41, 5.74) is 1.19. The van der Waals surface area contributed by atoms with E-state index < -0.39 is 17.7 Å². The first kappa shape index (κ1) is 17.4. The van der Waals surface area contributed by atoms with Crippen molar-refractivity contribution in [3.8, 4) is 11.1 Å². The molecule has 132 valence electrons. The van der Waals surface area contributed by atoms with Crippen LogP contribution in [0.25, 0.3) is 11.1 Å². The van der Waals surface area contributed by atoms with Crippen molar-refractivity contribution in [2.45, 2.75) is 6.42 Å². The SMILES string of the molecule is CN1CC[C@H](CN(C(=O)O)c2ccc(F)cc2-c2cccc(F)c2)C1. The van der Waals surface area contributed by atoms with Crippen molar-refractivity contribution in [3.63, 3.8) is 0 Å². The number of hydrogen-bond donors (Lipinski definition) is 1. The topological polar surface area (TPSA) is 43.8 Å². The first-order valence-corrected chi connectivity index (χ1v) is 8.18. The Hall–Kier alpha value is -2.47. The van der Waals surface area contributed by atoms with E-state index in [1.165, 1.54) is 41.3 Å². The lowest BCUT2D eigenvalue weighted by molar-refractivity contribution is 0.200. The number of hydrogen-bond acceptors (Lipinski definition) is 2. The van der Waals surface area contributed by atoms with Crippen LogP contribution >= 0.6 is 0 Å². The van der Waals surface area contributed by atoms with Gasteiger partial charge in [-0.1, -0.05) is 12.1 Å². The Balaban J connectivity index is 2.00. The maximum absolute atomic E-state index is 13.8. The largest absolute Gasteiger partial charge is 0.465 e. The van der Waals surface area contributed by atoms with Gasteiger partial charge in [0.15, 0.2) is 0 Å². The summed E-state index contributed by atoms with van der Waals surface area (Å²) in [7, 11) is 2.00. The van der Waals surface area contributed by atoms with Crippen LogP contribution in [0.3, 0.4) is 0 Å². The standard InChI is InChI=1S/C19H20F2N2O2/c1-22-8-7-13(11-22)12-23(19(24)25)18-6-5-16(21)10-17(18)14-3-2-4-15(20)9-14/h2-6,9-10,13H,7-8,11-12H2,1H3,(H,24,25)/t13-/m0/s1. The van der Waals surface area contributed by atoms with E-state index in [4.69, 9.17) is 0 Å². The molecule has 2 aromatic carbocycles. The van der Waals surface area contributed by atoms with Crippen molar-refractivity contribution in [2.24, 2.45) is 5.92 Å². The second-order valence-electron chi connectivity index (χ2n) is 6.48. The summed E-state index contributed by atoms with van der Waals surface area (Å²) in [6.07, 6.45) is -0.185. The van der Waals surface area contributed by atoms with Gasteiger partial charge in [-0.25, -0.2) is 13.6 Å². The average Bonchev–Trinajstić information content (AvgIpc) is 2.98. The number of amides is 1. The quantitative estimate of drug-likeness (QED) is 0.908. The monoisotopic (exact) mass is 346 g/mol. The van der Waals surface area contributed by atoms with E-state index in [2.05, 4.69) is 4.90 Å². The highest BCUT2D eigenvalue weighted by atomic mass is 19.1.